The fourth-order valence-corrected chi connectivity index (χ4v) is 3.43. The zero-order chi connectivity index (χ0) is 27.1. The quantitative estimate of drug-likeness (QED) is 0.371. The predicted molar refractivity (Wildman–Crippen MR) is 132 cm³/mol. The van der Waals surface area contributed by atoms with E-state index in [0.717, 1.165) is 16.8 Å². The fourth-order valence-electron chi connectivity index (χ4n) is 3.43. The van der Waals surface area contributed by atoms with E-state index in [0.29, 0.717) is 17.8 Å². The summed E-state index contributed by atoms with van der Waals surface area (Å²) in [5, 5.41) is 20.0. The largest absolute Gasteiger partial charge is 0.490 e. The fraction of sp³-hybridized carbons (Fsp3) is 0.115. The number of carbonyl (C=O) groups excluding carboxylic acids is 1. The average Bonchev–Trinajstić information content (AvgIpc) is 3.56. The van der Waals surface area contributed by atoms with Crippen LogP contribution in [0.25, 0.3) is 5.65 Å². The van der Waals surface area contributed by atoms with Crippen LogP contribution >= 0.6 is 0 Å². The number of hydrazone groups is 1. The van der Waals surface area contributed by atoms with E-state index < -0.39 is 12.1 Å². The number of imidazole rings is 1. The van der Waals surface area contributed by atoms with Gasteiger partial charge in [-0.15, -0.1) is 0 Å². The molecular formula is C26H19F3N6O3. The number of nitrogens with one attached hydrogen (secondary N) is 1. The number of aliphatic carboxylic acids is 1. The van der Waals surface area contributed by atoms with E-state index in [1.165, 1.54) is 5.01 Å². The van der Waals surface area contributed by atoms with Crippen LogP contribution in [0.1, 0.15) is 29.3 Å². The Morgan fingerprint density at radius 3 is 2.39 bits per heavy atom. The monoisotopic (exact) mass is 520 g/mol. The Kier molecular flexibility index (Phi) is 7.67. The third-order valence-electron chi connectivity index (χ3n) is 5.21. The zero-order valence-corrected chi connectivity index (χ0v) is 19.5. The molecule has 1 aliphatic heterocycles. The summed E-state index contributed by atoms with van der Waals surface area (Å²) < 4.78 is 33.4. The molecule has 1 unspecified atom stereocenters. The number of hydrogen-bond acceptors (Lipinski definition) is 5. The number of alkyl halides is 3. The lowest BCUT2D eigenvalue weighted by Gasteiger charge is -2.22. The Hall–Kier alpha value is -5.18. The van der Waals surface area contributed by atoms with Crippen molar-refractivity contribution in [2.75, 3.05) is 5.32 Å². The van der Waals surface area contributed by atoms with Crippen LogP contribution in [0.2, 0.25) is 0 Å². The lowest BCUT2D eigenvalue weighted by Crippen LogP contribution is -2.31. The summed E-state index contributed by atoms with van der Waals surface area (Å²) in [6.45, 7) is 0. The van der Waals surface area contributed by atoms with Gasteiger partial charge >= 0.3 is 18.2 Å². The van der Waals surface area contributed by atoms with Crippen molar-refractivity contribution in [3.8, 4) is 11.8 Å². The van der Waals surface area contributed by atoms with Crippen LogP contribution in [0.4, 0.5) is 23.7 Å². The highest BCUT2D eigenvalue weighted by atomic mass is 19.4. The predicted octanol–water partition coefficient (Wildman–Crippen LogP) is 4.73. The maximum Gasteiger partial charge on any atom is 0.490 e. The van der Waals surface area contributed by atoms with Crippen LogP contribution in [0.15, 0.2) is 84.2 Å². The summed E-state index contributed by atoms with van der Waals surface area (Å²) in [6.07, 6.45) is 0.781. The molecule has 9 nitrogen and oxygen atoms in total. The summed E-state index contributed by atoms with van der Waals surface area (Å²) in [4.78, 5) is 25.9. The zero-order valence-electron chi connectivity index (χ0n) is 19.5. The van der Waals surface area contributed by atoms with Gasteiger partial charge in [0, 0.05) is 30.1 Å². The van der Waals surface area contributed by atoms with E-state index in [4.69, 9.17) is 9.90 Å². The summed E-state index contributed by atoms with van der Waals surface area (Å²) in [6, 6.07) is 20.6. The Morgan fingerprint density at radius 1 is 1.00 bits per heavy atom. The van der Waals surface area contributed by atoms with Crippen LogP contribution in [0, 0.1) is 11.8 Å². The number of benzene rings is 2. The molecule has 5 rings (SSSR count). The van der Waals surface area contributed by atoms with Crippen molar-refractivity contribution in [3.05, 3.63) is 95.9 Å². The van der Waals surface area contributed by atoms with Crippen LogP contribution in [0.5, 0.6) is 0 Å². The van der Waals surface area contributed by atoms with Gasteiger partial charge in [-0.05, 0) is 47.9 Å². The topological polar surface area (TPSA) is 112 Å². The third-order valence-corrected chi connectivity index (χ3v) is 5.21. The second kappa shape index (κ2) is 11.3. The maximum atomic E-state index is 12.7. The van der Waals surface area contributed by atoms with Gasteiger partial charge in [0.15, 0.2) is 5.65 Å². The Labute approximate surface area is 214 Å². The summed E-state index contributed by atoms with van der Waals surface area (Å²) in [5.41, 5.74) is 4.03. The van der Waals surface area contributed by atoms with Crippen LogP contribution < -0.4 is 5.32 Å². The number of carbonyl (C=O) groups is 2. The summed E-state index contributed by atoms with van der Waals surface area (Å²) >= 11 is 0. The van der Waals surface area contributed by atoms with Crippen molar-refractivity contribution in [2.24, 2.45) is 5.10 Å². The van der Waals surface area contributed by atoms with Gasteiger partial charge in [0.1, 0.15) is 5.69 Å². The SMILES string of the molecule is O=C(Nc1ccc(C#Cc2cnc3cccnn23)cc1)N1N=CCC1c1ccccc1.O=C(O)C(F)(F)F. The first kappa shape index (κ1) is 25.9. The van der Waals surface area contributed by atoms with E-state index in [1.54, 1.807) is 23.1 Å². The van der Waals surface area contributed by atoms with Gasteiger partial charge in [-0.25, -0.2) is 24.1 Å². The molecule has 3 heterocycles. The molecule has 12 heteroatoms. The number of nitrogens with zero attached hydrogens (tertiary/aromatic N) is 5. The second-order valence-electron chi connectivity index (χ2n) is 7.80. The molecular weight excluding hydrogens is 501 g/mol. The number of carboxylic acids is 1. The van der Waals surface area contributed by atoms with Crippen LogP contribution in [-0.4, -0.2) is 49.1 Å². The average molecular weight is 520 g/mol. The molecule has 0 radical (unpaired) electrons. The molecule has 2 N–H and O–H groups in total. The van der Waals surface area contributed by atoms with Crippen LogP contribution in [0.3, 0.4) is 0 Å². The Balaban J connectivity index is 0.000000426. The van der Waals surface area contributed by atoms with E-state index >= 15 is 0 Å². The molecule has 2 amide bonds. The molecule has 0 saturated heterocycles. The standard InChI is InChI=1S/C24H18N6O.C2HF3O2/c31-24(30-22(14-16-27-30)19-5-2-1-3-6-19)28-20-11-8-18(9-12-20)10-13-21-17-25-23-7-4-15-26-29(21)23;3-2(4,5)1(6)7/h1-9,11-12,15-17,22H,14H2,(H,28,31);(H,6,7). The molecule has 4 aromatic rings. The van der Waals surface area contributed by atoms with Crippen molar-refractivity contribution >= 4 is 29.5 Å². The molecule has 0 spiro atoms. The molecule has 0 saturated carbocycles. The van der Waals surface area contributed by atoms with Crippen molar-refractivity contribution < 1.29 is 27.9 Å². The van der Waals surface area contributed by atoms with Gasteiger partial charge in [-0.1, -0.05) is 36.3 Å². The number of amides is 2. The number of fused-ring (bicyclic) bond motifs is 1. The first-order valence-corrected chi connectivity index (χ1v) is 11.1. The van der Waals surface area contributed by atoms with E-state index in [2.05, 4.69) is 32.3 Å². The number of urea groups is 1. The smallest absolute Gasteiger partial charge is 0.475 e. The van der Waals surface area contributed by atoms with Crippen molar-refractivity contribution in [3.63, 3.8) is 0 Å². The van der Waals surface area contributed by atoms with Gasteiger partial charge in [0.25, 0.3) is 0 Å². The van der Waals surface area contributed by atoms with Gasteiger partial charge in [0.05, 0.1) is 12.2 Å². The molecule has 0 bridgehead atoms. The highest BCUT2D eigenvalue weighted by Gasteiger charge is 2.38. The van der Waals surface area contributed by atoms with Gasteiger partial charge in [-0.2, -0.15) is 23.4 Å². The second-order valence-corrected chi connectivity index (χ2v) is 7.80. The lowest BCUT2D eigenvalue weighted by atomic mass is 10.1. The maximum absolute atomic E-state index is 12.7. The third kappa shape index (κ3) is 6.33. The van der Waals surface area contributed by atoms with Crippen molar-refractivity contribution in [1.29, 1.82) is 0 Å². The van der Waals surface area contributed by atoms with Gasteiger partial charge in [-0.3, -0.25) is 0 Å². The molecule has 1 atom stereocenters. The molecule has 2 aromatic carbocycles. The molecule has 0 fully saturated rings. The van der Waals surface area contributed by atoms with E-state index in [1.807, 2.05) is 66.7 Å². The highest BCUT2D eigenvalue weighted by molar-refractivity contribution is 5.91. The molecule has 38 heavy (non-hydrogen) atoms. The van der Waals surface area contributed by atoms with E-state index in [9.17, 15) is 18.0 Å². The molecule has 192 valence electrons. The first-order valence-electron chi connectivity index (χ1n) is 11.1. The lowest BCUT2D eigenvalue weighted by molar-refractivity contribution is -0.192. The molecule has 2 aromatic heterocycles. The van der Waals surface area contributed by atoms with E-state index in [-0.39, 0.29) is 12.1 Å². The number of halogens is 3. The molecule has 0 aliphatic carbocycles. The summed E-state index contributed by atoms with van der Waals surface area (Å²) in [5.74, 6) is 3.44. The number of anilines is 1. The van der Waals surface area contributed by atoms with Crippen LogP contribution in [-0.2, 0) is 4.79 Å². The minimum absolute atomic E-state index is 0.0922. The Bertz CT molecular complexity index is 1520. The normalized spacial score (nSPS) is 14.3. The van der Waals surface area contributed by atoms with Crippen molar-refractivity contribution in [2.45, 2.75) is 18.6 Å². The number of carboxylic acid groups (broad SMARTS) is 1. The Morgan fingerprint density at radius 2 is 1.71 bits per heavy atom. The highest BCUT2D eigenvalue weighted by Crippen LogP contribution is 2.28. The minimum Gasteiger partial charge on any atom is -0.475 e. The number of rotatable bonds is 2. The number of hydrogen-bond donors (Lipinski definition) is 2. The first-order chi connectivity index (χ1) is 18.2. The van der Waals surface area contributed by atoms with Gasteiger partial charge in [0.2, 0.25) is 0 Å². The van der Waals surface area contributed by atoms with Gasteiger partial charge < -0.3 is 10.4 Å². The molecule has 1 aliphatic rings. The summed E-state index contributed by atoms with van der Waals surface area (Å²) in [7, 11) is 0. The number of aromatic nitrogens is 3. The van der Waals surface area contributed by atoms with Crippen molar-refractivity contribution in [1.82, 2.24) is 19.6 Å². The minimum atomic E-state index is -5.08.